The standard InChI is InChI=1S/C16H18N8S/c1-4-19-24(5-1)14-10-13(17-11-18-14)22-6-8-23(9-7-22)16-20-15(21-25-16)12-2-3-12/h1,4-5,10-12H,2-3,6-9H2. The third kappa shape index (κ3) is 2.95. The normalized spacial score (nSPS) is 17.9. The van der Waals surface area contributed by atoms with Crippen molar-refractivity contribution in [3.05, 3.63) is 36.7 Å². The van der Waals surface area contributed by atoms with Crippen molar-refractivity contribution >= 4 is 22.5 Å². The van der Waals surface area contributed by atoms with Crippen LogP contribution in [0.3, 0.4) is 0 Å². The zero-order chi connectivity index (χ0) is 16.6. The Morgan fingerprint density at radius 3 is 2.56 bits per heavy atom. The first-order valence-electron chi connectivity index (χ1n) is 8.52. The van der Waals surface area contributed by atoms with E-state index in [4.69, 9.17) is 4.98 Å². The number of hydrogen-bond acceptors (Lipinski definition) is 8. The Bertz CT molecular complexity index is 849. The zero-order valence-corrected chi connectivity index (χ0v) is 14.5. The molecule has 3 aromatic heterocycles. The fourth-order valence-electron chi connectivity index (χ4n) is 3.03. The molecule has 5 rings (SSSR count). The molecule has 1 aliphatic heterocycles. The molecule has 128 valence electrons. The largest absolute Gasteiger partial charge is 0.353 e. The van der Waals surface area contributed by atoms with Gasteiger partial charge in [0.2, 0.25) is 5.13 Å². The number of piperazine rings is 1. The number of anilines is 2. The monoisotopic (exact) mass is 354 g/mol. The molecule has 25 heavy (non-hydrogen) atoms. The van der Waals surface area contributed by atoms with Gasteiger partial charge in [-0.15, -0.1) is 0 Å². The van der Waals surface area contributed by atoms with Crippen molar-refractivity contribution in [3.8, 4) is 5.82 Å². The molecule has 4 heterocycles. The van der Waals surface area contributed by atoms with E-state index in [2.05, 4.69) is 29.2 Å². The van der Waals surface area contributed by atoms with Gasteiger partial charge in [0, 0.05) is 62.1 Å². The average molecular weight is 354 g/mol. The van der Waals surface area contributed by atoms with Crippen molar-refractivity contribution in [1.29, 1.82) is 0 Å². The Hall–Kier alpha value is -2.55. The van der Waals surface area contributed by atoms with Crippen molar-refractivity contribution in [3.63, 3.8) is 0 Å². The second-order valence-corrected chi connectivity index (χ2v) is 7.10. The second-order valence-electron chi connectivity index (χ2n) is 6.37. The summed E-state index contributed by atoms with van der Waals surface area (Å²) in [5.74, 6) is 3.39. The van der Waals surface area contributed by atoms with Crippen LogP contribution in [0.5, 0.6) is 0 Å². The molecular weight excluding hydrogens is 336 g/mol. The van der Waals surface area contributed by atoms with Crippen LogP contribution in [0, 0.1) is 0 Å². The predicted molar refractivity (Wildman–Crippen MR) is 95.5 cm³/mol. The van der Waals surface area contributed by atoms with Crippen molar-refractivity contribution < 1.29 is 0 Å². The maximum Gasteiger partial charge on any atom is 0.205 e. The van der Waals surface area contributed by atoms with Crippen LogP contribution in [0.25, 0.3) is 5.82 Å². The highest BCUT2D eigenvalue weighted by atomic mass is 32.1. The van der Waals surface area contributed by atoms with Gasteiger partial charge in [-0.05, 0) is 18.9 Å². The number of rotatable bonds is 4. The second kappa shape index (κ2) is 6.07. The fourth-order valence-corrected chi connectivity index (χ4v) is 3.83. The van der Waals surface area contributed by atoms with Crippen molar-refractivity contribution in [2.45, 2.75) is 18.8 Å². The van der Waals surface area contributed by atoms with E-state index < -0.39 is 0 Å². The highest BCUT2D eigenvalue weighted by Gasteiger charge is 2.29. The first-order valence-corrected chi connectivity index (χ1v) is 9.30. The first kappa shape index (κ1) is 14.8. The van der Waals surface area contributed by atoms with Gasteiger partial charge in [-0.25, -0.2) is 19.6 Å². The summed E-state index contributed by atoms with van der Waals surface area (Å²) < 4.78 is 6.27. The topological polar surface area (TPSA) is 75.9 Å². The molecule has 0 aromatic carbocycles. The Morgan fingerprint density at radius 2 is 1.80 bits per heavy atom. The summed E-state index contributed by atoms with van der Waals surface area (Å²) in [5, 5.41) is 5.29. The summed E-state index contributed by atoms with van der Waals surface area (Å²) >= 11 is 1.53. The van der Waals surface area contributed by atoms with E-state index in [1.54, 1.807) is 17.2 Å². The average Bonchev–Trinajstić information content (AvgIpc) is 3.17. The zero-order valence-electron chi connectivity index (χ0n) is 13.7. The SMILES string of the molecule is c1cnn(-c2cc(N3CCN(c4nc(C5CC5)ns4)CC3)ncn2)c1. The van der Waals surface area contributed by atoms with Gasteiger partial charge in [0.25, 0.3) is 0 Å². The smallest absolute Gasteiger partial charge is 0.205 e. The van der Waals surface area contributed by atoms with Crippen LogP contribution in [0.4, 0.5) is 10.9 Å². The number of hydrogen-bond donors (Lipinski definition) is 0. The first-order chi connectivity index (χ1) is 12.4. The molecule has 1 aliphatic carbocycles. The van der Waals surface area contributed by atoms with E-state index in [9.17, 15) is 0 Å². The van der Waals surface area contributed by atoms with E-state index in [1.807, 2.05) is 18.3 Å². The van der Waals surface area contributed by atoms with Crippen LogP contribution in [0.2, 0.25) is 0 Å². The van der Waals surface area contributed by atoms with Gasteiger partial charge in [-0.2, -0.15) is 9.47 Å². The Kier molecular flexibility index (Phi) is 3.58. The molecule has 2 aliphatic rings. The lowest BCUT2D eigenvalue weighted by atomic mass is 10.3. The Labute approximate surface area is 149 Å². The minimum Gasteiger partial charge on any atom is -0.353 e. The highest BCUT2D eigenvalue weighted by Crippen LogP contribution is 2.39. The molecule has 1 saturated carbocycles. The van der Waals surface area contributed by atoms with Crippen LogP contribution < -0.4 is 9.80 Å². The van der Waals surface area contributed by atoms with Gasteiger partial charge in [-0.3, -0.25) is 0 Å². The molecule has 3 aromatic rings. The summed E-state index contributed by atoms with van der Waals surface area (Å²) in [6, 6.07) is 3.87. The Balaban J connectivity index is 1.27. The van der Waals surface area contributed by atoms with E-state index in [-0.39, 0.29) is 0 Å². The maximum absolute atomic E-state index is 4.72. The molecule has 1 saturated heterocycles. The quantitative estimate of drug-likeness (QED) is 0.706. The summed E-state index contributed by atoms with van der Waals surface area (Å²) in [5.41, 5.74) is 0. The van der Waals surface area contributed by atoms with Crippen molar-refractivity contribution in [2.75, 3.05) is 36.0 Å². The van der Waals surface area contributed by atoms with Crippen molar-refractivity contribution in [2.24, 2.45) is 0 Å². The molecule has 0 amide bonds. The van der Waals surface area contributed by atoms with Crippen LogP contribution >= 0.6 is 11.5 Å². The van der Waals surface area contributed by atoms with E-state index in [0.717, 1.165) is 48.8 Å². The minimum absolute atomic E-state index is 0.619. The fraction of sp³-hybridized carbons (Fsp3) is 0.438. The van der Waals surface area contributed by atoms with Gasteiger partial charge in [0.15, 0.2) is 5.82 Å². The lowest BCUT2D eigenvalue weighted by Gasteiger charge is -2.35. The number of nitrogens with zero attached hydrogens (tertiary/aromatic N) is 8. The molecule has 0 N–H and O–H groups in total. The summed E-state index contributed by atoms with van der Waals surface area (Å²) in [6.45, 7) is 3.68. The molecule has 9 heteroatoms. The van der Waals surface area contributed by atoms with Crippen molar-refractivity contribution in [1.82, 2.24) is 29.1 Å². The third-order valence-electron chi connectivity index (χ3n) is 4.63. The molecule has 0 unspecified atom stereocenters. The van der Waals surface area contributed by atoms with Crippen LogP contribution in [0.15, 0.2) is 30.9 Å². The van der Waals surface area contributed by atoms with E-state index in [1.165, 1.54) is 24.4 Å². The number of aromatic nitrogens is 6. The van der Waals surface area contributed by atoms with Crippen LogP contribution in [0.1, 0.15) is 24.6 Å². The molecule has 8 nitrogen and oxygen atoms in total. The molecular formula is C16H18N8S. The van der Waals surface area contributed by atoms with E-state index in [0.29, 0.717) is 5.92 Å². The van der Waals surface area contributed by atoms with Gasteiger partial charge in [0.1, 0.15) is 18.0 Å². The third-order valence-corrected chi connectivity index (χ3v) is 5.42. The molecule has 2 fully saturated rings. The Morgan fingerprint density at radius 1 is 1.00 bits per heavy atom. The van der Waals surface area contributed by atoms with Gasteiger partial charge < -0.3 is 9.80 Å². The predicted octanol–water partition coefficient (Wildman–Crippen LogP) is 1.72. The lowest BCUT2D eigenvalue weighted by molar-refractivity contribution is 0.643. The molecule has 0 radical (unpaired) electrons. The van der Waals surface area contributed by atoms with Gasteiger partial charge >= 0.3 is 0 Å². The highest BCUT2D eigenvalue weighted by molar-refractivity contribution is 7.09. The van der Waals surface area contributed by atoms with Gasteiger partial charge in [0.05, 0.1) is 0 Å². The maximum atomic E-state index is 4.72. The summed E-state index contributed by atoms with van der Waals surface area (Å²) in [4.78, 5) is 18.1. The van der Waals surface area contributed by atoms with Gasteiger partial charge in [-0.1, -0.05) is 0 Å². The molecule has 0 spiro atoms. The molecule has 0 atom stereocenters. The van der Waals surface area contributed by atoms with Crippen LogP contribution in [-0.4, -0.2) is 55.3 Å². The van der Waals surface area contributed by atoms with Crippen LogP contribution in [-0.2, 0) is 0 Å². The van der Waals surface area contributed by atoms with E-state index >= 15 is 0 Å². The summed E-state index contributed by atoms with van der Waals surface area (Å²) in [6.07, 6.45) is 7.73. The summed E-state index contributed by atoms with van der Waals surface area (Å²) in [7, 11) is 0. The minimum atomic E-state index is 0.619. The lowest BCUT2D eigenvalue weighted by Crippen LogP contribution is -2.46. The molecule has 0 bridgehead atoms.